The molecule has 1 aromatic heterocycles. The van der Waals surface area contributed by atoms with Gasteiger partial charge in [-0.1, -0.05) is 41.3 Å². The van der Waals surface area contributed by atoms with Crippen molar-refractivity contribution in [3.05, 3.63) is 78.9 Å². The predicted octanol–water partition coefficient (Wildman–Crippen LogP) is 6.20. The van der Waals surface area contributed by atoms with Gasteiger partial charge >= 0.3 is 0 Å². The minimum atomic E-state index is -0.341. The molecule has 1 amide bonds. The number of para-hydroxylation sites is 1. The molecule has 0 spiro atoms. The summed E-state index contributed by atoms with van der Waals surface area (Å²) in [6.07, 6.45) is 0. The van der Waals surface area contributed by atoms with Crippen molar-refractivity contribution in [2.24, 2.45) is 0 Å². The lowest BCUT2D eigenvalue weighted by molar-refractivity contribution is -0.115. The number of ether oxygens (including phenoxy) is 2. The zero-order valence-electron chi connectivity index (χ0n) is 18.0. The normalized spacial score (nSPS) is 11.5. The van der Waals surface area contributed by atoms with Gasteiger partial charge in [0, 0.05) is 11.4 Å². The molecule has 1 heterocycles. The lowest BCUT2D eigenvalue weighted by Crippen LogP contribution is -2.22. The summed E-state index contributed by atoms with van der Waals surface area (Å²) in [5.74, 6) is 2.13. The number of amides is 1. The van der Waals surface area contributed by atoms with Crippen LogP contribution in [0.2, 0.25) is 0 Å². The van der Waals surface area contributed by atoms with E-state index in [2.05, 4.69) is 20.8 Å². The van der Waals surface area contributed by atoms with E-state index in [0.717, 1.165) is 17.2 Å². The maximum Gasteiger partial charge on any atom is 0.237 e. The van der Waals surface area contributed by atoms with Crippen LogP contribution in [-0.2, 0) is 4.79 Å². The Balaban J connectivity index is 1.28. The number of thioether (sulfide) groups is 1. The average Bonchev–Trinajstić information content (AvgIpc) is 3.28. The molecule has 1 atom stereocenters. The van der Waals surface area contributed by atoms with E-state index >= 15 is 0 Å². The summed E-state index contributed by atoms with van der Waals surface area (Å²) in [6, 6.07) is 24.4. The van der Waals surface area contributed by atoms with Crippen molar-refractivity contribution in [1.82, 2.24) is 10.2 Å². The van der Waals surface area contributed by atoms with Gasteiger partial charge in [0.1, 0.15) is 17.2 Å². The first-order valence-electron chi connectivity index (χ1n) is 10.1. The van der Waals surface area contributed by atoms with E-state index < -0.39 is 0 Å². The molecule has 0 aliphatic carbocycles. The van der Waals surface area contributed by atoms with Crippen molar-refractivity contribution in [2.45, 2.75) is 16.5 Å². The highest BCUT2D eigenvalue weighted by molar-refractivity contribution is 8.02. The highest BCUT2D eigenvalue weighted by Gasteiger charge is 2.17. The van der Waals surface area contributed by atoms with Gasteiger partial charge in [0.05, 0.1) is 12.4 Å². The Morgan fingerprint density at radius 1 is 0.879 bits per heavy atom. The van der Waals surface area contributed by atoms with Gasteiger partial charge in [-0.15, -0.1) is 10.2 Å². The average molecular weight is 479 g/mol. The third kappa shape index (κ3) is 6.47. The minimum Gasteiger partial charge on any atom is -0.497 e. The number of nitrogens with zero attached hydrogens (tertiary/aromatic N) is 2. The molecule has 0 bridgehead atoms. The number of rotatable bonds is 9. The molecule has 0 aliphatic rings. The number of benzene rings is 3. The van der Waals surface area contributed by atoms with Crippen LogP contribution in [0.1, 0.15) is 6.92 Å². The van der Waals surface area contributed by atoms with E-state index in [1.165, 1.54) is 23.1 Å². The summed E-state index contributed by atoms with van der Waals surface area (Å²) in [7, 11) is 1.63. The van der Waals surface area contributed by atoms with Crippen molar-refractivity contribution < 1.29 is 14.3 Å². The Morgan fingerprint density at radius 2 is 1.52 bits per heavy atom. The van der Waals surface area contributed by atoms with Crippen molar-refractivity contribution in [2.75, 3.05) is 17.7 Å². The SMILES string of the molecule is COc1ccc(Nc2nnc(S[C@H](C)C(=O)Nc3ccc(Oc4ccccc4)cc3)s2)cc1. The van der Waals surface area contributed by atoms with Gasteiger partial charge in [-0.3, -0.25) is 4.79 Å². The first-order chi connectivity index (χ1) is 16.1. The predicted molar refractivity (Wildman–Crippen MR) is 133 cm³/mol. The highest BCUT2D eigenvalue weighted by atomic mass is 32.2. The third-order valence-electron chi connectivity index (χ3n) is 4.50. The van der Waals surface area contributed by atoms with Gasteiger partial charge < -0.3 is 20.1 Å². The van der Waals surface area contributed by atoms with Crippen LogP contribution in [0.3, 0.4) is 0 Å². The smallest absolute Gasteiger partial charge is 0.237 e. The van der Waals surface area contributed by atoms with Crippen molar-refractivity contribution in [1.29, 1.82) is 0 Å². The van der Waals surface area contributed by atoms with Crippen molar-refractivity contribution in [3.63, 3.8) is 0 Å². The molecule has 33 heavy (non-hydrogen) atoms. The summed E-state index contributed by atoms with van der Waals surface area (Å²) < 4.78 is 11.6. The number of nitrogens with one attached hydrogen (secondary N) is 2. The molecule has 2 N–H and O–H groups in total. The molecule has 0 saturated carbocycles. The number of carbonyl (C=O) groups excluding carboxylic acids is 1. The fourth-order valence-electron chi connectivity index (χ4n) is 2.79. The summed E-state index contributed by atoms with van der Waals surface area (Å²) >= 11 is 2.76. The Hall–Kier alpha value is -3.56. The molecule has 4 rings (SSSR count). The fourth-order valence-corrected chi connectivity index (χ4v) is 4.70. The van der Waals surface area contributed by atoms with Crippen LogP contribution in [0.15, 0.2) is 83.2 Å². The Labute approximate surface area is 200 Å². The number of hydrogen-bond acceptors (Lipinski definition) is 8. The molecule has 0 aliphatic heterocycles. The van der Waals surface area contributed by atoms with Crippen molar-refractivity contribution in [3.8, 4) is 17.2 Å². The molecule has 0 unspecified atom stereocenters. The molecule has 0 saturated heterocycles. The van der Waals surface area contributed by atoms with Crippen LogP contribution in [0.25, 0.3) is 0 Å². The number of anilines is 3. The van der Waals surface area contributed by atoms with Gasteiger partial charge in [0.25, 0.3) is 0 Å². The van der Waals surface area contributed by atoms with Crippen LogP contribution in [0.4, 0.5) is 16.5 Å². The maximum absolute atomic E-state index is 12.6. The molecule has 0 radical (unpaired) electrons. The van der Waals surface area contributed by atoms with Gasteiger partial charge in [-0.05, 0) is 67.6 Å². The van der Waals surface area contributed by atoms with E-state index in [1.807, 2.05) is 85.8 Å². The standard InChI is InChI=1S/C24H22N4O3S2/c1-16(32-24-28-27-23(33-24)26-18-8-12-19(30-2)13-9-18)22(29)25-17-10-14-21(15-11-17)31-20-6-4-3-5-7-20/h3-16H,1-2H3,(H,25,29)(H,26,27)/t16-/m1/s1. The monoisotopic (exact) mass is 478 g/mol. The molecule has 0 fully saturated rings. The first kappa shape index (κ1) is 22.6. The number of aromatic nitrogens is 2. The highest BCUT2D eigenvalue weighted by Crippen LogP contribution is 2.31. The Morgan fingerprint density at radius 3 is 2.21 bits per heavy atom. The Kier molecular flexibility index (Phi) is 7.43. The zero-order valence-corrected chi connectivity index (χ0v) is 19.7. The summed E-state index contributed by atoms with van der Waals surface area (Å²) in [5, 5.41) is 14.8. The van der Waals surface area contributed by atoms with Crippen LogP contribution in [0, 0.1) is 0 Å². The second-order valence-corrected chi connectivity index (χ2v) is 9.48. The molecule has 168 valence electrons. The molecular formula is C24H22N4O3S2. The van der Waals surface area contributed by atoms with E-state index in [0.29, 0.717) is 20.9 Å². The number of carbonyl (C=O) groups is 1. The van der Waals surface area contributed by atoms with Crippen LogP contribution >= 0.6 is 23.1 Å². The van der Waals surface area contributed by atoms with E-state index in [-0.39, 0.29) is 11.2 Å². The second kappa shape index (κ2) is 10.8. The fraction of sp³-hybridized carbons (Fsp3) is 0.125. The molecule has 7 nitrogen and oxygen atoms in total. The second-order valence-electron chi connectivity index (χ2n) is 6.92. The van der Waals surface area contributed by atoms with Crippen LogP contribution in [0.5, 0.6) is 17.2 Å². The number of methoxy groups -OCH3 is 1. The summed E-state index contributed by atoms with van der Waals surface area (Å²) in [6.45, 7) is 1.84. The first-order valence-corrected chi connectivity index (χ1v) is 11.8. The quantitative estimate of drug-likeness (QED) is 0.277. The molecule has 3 aromatic carbocycles. The lowest BCUT2D eigenvalue weighted by Gasteiger charge is -2.11. The summed E-state index contributed by atoms with van der Waals surface area (Å²) in [5.41, 5.74) is 1.58. The van der Waals surface area contributed by atoms with Crippen LogP contribution < -0.4 is 20.1 Å². The van der Waals surface area contributed by atoms with Gasteiger partial charge in [0.15, 0.2) is 4.34 Å². The molecule has 9 heteroatoms. The molecule has 4 aromatic rings. The Bertz CT molecular complexity index is 1180. The third-order valence-corrected chi connectivity index (χ3v) is 6.52. The van der Waals surface area contributed by atoms with E-state index in [4.69, 9.17) is 9.47 Å². The van der Waals surface area contributed by atoms with Gasteiger partial charge in [0.2, 0.25) is 11.0 Å². The van der Waals surface area contributed by atoms with Crippen molar-refractivity contribution >= 4 is 45.5 Å². The molecular weight excluding hydrogens is 456 g/mol. The minimum absolute atomic E-state index is 0.114. The lowest BCUT2D eigenvalue weighted by atomic mass is 10.3. The zero-order chi connectivity index (χ0) is 23.0. The number of hydrogen-bond donors (Lipinski definition) is 2. The van der Waals surface area contributed by atoms with E-state index in [1.54, 1.807) is 7.11 Å². The topological polar surface area (TPSA) is 85.4 Å². The van der Waals surface area contributed by atoms with Gasteiger partial charge in [-0.25, -0.2) is 0 Å². The maximum atomic E-state index is 12.6. The van der Waals surface area contributed by atoms with E-state index in [9.17, 15) is 4.79 Å². The largest absolute Gasteiger partial charge is 0.497 e. The van der Waals surface area contributed by atoms with Gasteiger partial charge in [-0.2, -0.15) is 0 Å². The van der Waals surface area contributed by atoms with Crippen LogP contribution in [-0.4, -0.2) is 28.5 Å². The summed E-state index contributed by atoms with van der Waals surface area (Å²) in [4.78, 5) is 12.6.